The van der Waals surface area contributed by atoms with Crippen molar-refractivity contribution in [3.8, 4) is 0 Å². The van der Waals surface area contributed by atoms with E-state index in [2.05, 4.69) is 9.47 Å². The summed E-state index contributed by atoms with van der Waals surface area (Å²) in [7, 11) is 0. The van der Waals surface area contributed by atoms with Crippen molar-refractivity contribution in [3.63, 3.8) is 0 Å². The van der Waals surface area contributed by atoms with Crippen LogP contribution in [0.2, 0.25) is 0 Å². The summed E-state index contributed by atoms with van der Waals surface area (Å²) in [6, 6.07) is 0. The van der Waals surface area contributed by atoms with E-state index in [4.69, 9.17) is 10.2 Å². The Labute approximate surface area is 107 Å². The molecule has 3 N–H and O–H groups in total. The fraction of sp³-hybridized carbons (Fsp3) is 0.600. The molecule has 0 aromatic rings. The van der Waals surface area contributed by atoms with Crippen LogP contribution in [0.1, 0.15) is 19.8 Å². The van der Waals surface area contributed by atoms with E-state index in [1.54, 1.807) is 0 Å². The number of rotatable bonds is 8. The maximum atomic E-state index is 11.2. The lowest BCUT2D eigenvalue weighted by atomic mass is 9.96. The third-order valence-electron chi connectivity index (χ3n) is 1.93. The maximum absolute atomic E-state index is 11.2. The highest BCUT2D eigenvalue weighted by Gasteiger charge is 2.41. The monoisotopic (exact) mass is 278 g/mol. The third kappa shape index (κ3) is 6.36. The highest BCUT2D eigenvalue weighted by atomic mass is 16.6. The van der Waals surface area contributed by atoms with Gasteiger partial charge in [0.2, 0.25) is 0 Å². The average Bonchev–Trinajstić information content (AvgIpc) is 2.25. The first-order valence-electron chi connectivity index (χ1n) is 5.20. The van der Waals surface area contributed by atoms with Gasteiger partial charge < -0.3 is 24.8 Å². The minimum absolute atomic E-state index is 0.0778. The summed E-state index contributed by atoms with van der Waals surface area (Å²) in [6.45, 7) is 0.875. The van der Waals surface area contributed by atoms with Crippen LogP contribution in [0.25, 0.3) is 0 Å². The molecule has 0 heterocycles. The Morgan fingerprint density at radius 3 is 2.00 bits per heavy atom. The van der Waals surface area contributed by atoms with Gasteiger partial charge in [-0.15, -0.1) is 0 Å². The number of carboxylic acid groups (broad SMARTS) is 2. The van der Waals surface area contributed by atoms with E-state index < -0.39 is 48.9 Å². The predicted octanol–water partition coefficient (Wildman–Crippen LogP) is -1.23. The topological polar surface area (TPSA) is 147 Å². The van der Waals surface area contributed by atoms with Gasteiger partial charge in [0.1, 0.15) is 0 Å². The number of hydrogen-bond acceptors (Lipinski definition) is 7. The molecule has 0 rings (SSSR count). The van der Waals surface area contributed by atoms with Crippen LogP contribution >= 0.6 is 0 Å². The number of carboxylic acids is 2. The van der Waals surface area contributed by atoms with Crippen molar-refractivity contribution in [1.82, 2.24) is 0 Å². The summed E-state index contributed by atoms with van der Waals surface area (Å²) in [4.78, 5) is 43.2. The fourth-order valence-corrected chi connectivity index (χ4v) is 1.10. The third-order valence-corrected chi connectivity index (χ3v) is 1.93. The lowest BCUT2D eigenvalue weighted by molar-refractivity contribution is -0.173. The van der Waals surface area contributed by atoms with Crippen LogP contribution in [0, 0.1) is 0 Å². The van der Waals surface area contributed by atoms with E-state index in [0.717, 1.165) is 0 Å². The van der Waals surface area contributed by atoms with Gasteiger partial charge in [-0.25, -0.2) is 9.59 Å². The quantitative estimate of drug-likeness (QED) is 0.464. The van der Waals surface area contributed by atoms with Crippen LogP contribution in [0.5, 0.6) is 0 Å². The molecule has 0 amide bonds. The molecular weight excluding hydrogens is 264 g/mol. The van der Waals surface area contributed by atoms with Gasteiger partial charge >= 0.3 is 23.9 Å². The lowest BCUT2D eigenvalue weighted by Gasteiger charge is -2.19. The summed E-state index contributed by atoms with van der Waals surface area (Å²) < 4.78 is 8.80. The molecule has 0 aliphatic rings. The molecular formula is C10H14O9. The van der Waals surface area contributed by atoms with E-state index in [0.29, 0.717) is 0 Å². The Hall–Kier alpha value is -2.16. The highest BCUT2D eigenvalue weighted by molar-refractivity contribution is 5.89. The molecule has 0 fully saturated rings. The Morgan fingerprint density at radius 1 is 1.00 bits per heavy atom. The molecule has 0 aromatic carbocycles. The Morgan fingerprint density at radius 2 is 1.58 bits per heavy atom. The van der Waals surface area contributed by atoms with Crippen molar-refractivity contribution < 1.29 is 44.0 Å². The van der Waals surface area contributed by atoms with Gasteiger partial charge in [0.15, 0.2) is 12.2 Å². The van der Waals surface area contributed by atoms with Gasteiger partial charge in [-0.3, -0.25) is 9.59 Å². The summed E-state index contributed by atoms with van der Waals surface area (Å²) in [5, 5.41) is 26.6. The zero-order valence-electron chi connectivity index (χ0n) is 10.1. The second-order valence-electron chi connectivity index (χ2n) is 3.55. The van der Waals surface area contributed by atoms with E-state index in [1.165, 1.54) is 6.92 Å². The smallest absolute Gasteiger partial charge is 0.344 e. The molecule has 1 atom stereocenters. The molecule has 0 spiro atoms. The number of esters is 2. The minimum Gasteiger partial charge on any atom is -0.481 e. The second kappa shape index (κ2) is 7.31. The van der Waals surface area contributed by atoms with Crippen molar-refractivity contribution in [2.45, 2.75) is 25.4 Å². The SMILES string of the molecule is CCOC(=O)COC(=O)CC(O)(CC(=O)O)C(=O)O. The Kier molecular flexibility index (Phi) is 6.48. The Bertz CT molecular complexity index is 375. The molecule has 9 heteroatoms. The molecule has 0 saturated carbocycles. The van der Waals surface area contributed by atoms with Gasteiger partial charge in [-0.05, 0) is 6.92 Å². The fourth-order valence-electron chi connectivity index (χ4n) is 1.10. The Balaban J connectivity index is 4.45. The lowest BCUT2D eigenvalue weighted by Crippen LogP contribution is -2.43. The first kappa shape index (κ1) is 16.8. The van der Waals surface area contributed by atoms with Gasteiger partial charge in [0.25, 0.3) is 0 Å². The van der Waals surface area contributed by atoms with Crippen molar-refractivity contribution in [2.75, 3.05) is 13.2 Å². The average molecular weight is 278 g/mol. The van der Waals surface area contributed by atoms with Crippen molar-refractivity contribution in [1.29, 1.82) is 0 Å². The molecule has 0 saturated heterocycles. The van der Waals surface area contributed by atoms with Crippen LogP contribution in [0.3, 0.4) is 0 Å². The second-order valence-corrected chi connectivity index (χ2v) is 3.55. The highest BCUT2D eigenvalue weighted by Crippen LogP contribution is 2.16. The van der Waals surface area contributed by atoms with Gasteiger partial charge in [0.05, 0.1) is 19.4 Å². The summed E-state index contributed by atoms with van der Waals surface area (Å²) >= 11 is 0. The molecule has 1 unspecified atom stereocenters. The van der Waals surface area contributed by atoms with Gasteiger partial charge in [-0.1, -0.05) is 0 Å². The standard InChI is InChI=1S/C10H14O9/c1-2-18-8(14)5-19-7(13)4-10(17,9(15)16)3-6(11)12/h17H,2-5H2,1H3,(H,11,12)(H,15,16). The number of carbonyl (C=O) groups is 4. The van der Waals surface area contributed by atoms with E-state index in [9.17, 15) is 24.3 Å². The van der Waals surface area contributed by atoms with Crippen LogP contribution < -0.4 is 0 Å². The zero-order valence-corrected chi connectivity index (χ0v) is 10.1. The first-order chi connectivity index (χ1) is 8.71. The van der Waals surface area contributed by atoms with Gasteiger partial charge in [0, 0.05) is 0 Å². The molecule has 0 bridgehead atoms. The molecule has 9 nitrogen and oxygen atoms in total. The maximum Gasteiger partial charge on any atom is 0.344 e. The van der Waals surface area contributed by atoms with E-state index in [1.807, 2.05) is 0 Å². The minimum atomic E-state index is -2.78. The molecule has 0 aliphatic heterocycles. The molecule has 0 aliphatic carbocycles. The number of hydrogen-bond donors (Lipinski definition) is 3. The molecule has 0 radical (unpaired) electrons. The number of ether oxygens (including phenoxy) is 2. The number of aliphatic hydroxyl groups is 1. The first-order valence-corrected chi connectivity index (χ1v) is 5.20. The molecule has 108 valence electrons. The van der Waals surface area contributed by atoms with Crippen LogP contribution in [-0.4, -0.2) is 58.0 Å². The van der Waals surface area contributed by atoms with Crippen molar-refractivity contribution >= 4 is 23.9 Å². The molecule has 0 aromatic heterocycles. The van der Waals surface area contributed by atoms with Crippen LogP contribution in [-0.2, 0) is 28.7 Å². The summed E-state index contributed by atoms with van der Waals surface area (Å²) in [5.41, 5.74) is -2.78. The normalized spacial score (nSPS) is 13.2. The van der Waals surface area contributed by atoms with Crippen molar-refractivity contribution in [2.24, 2.45) is 0 Å². The van der Waals surface area contributed by atoms with Crippen LogP contribution in [0.4, 0.5) is 0 Å². The largest absolute Gasteiger partial charge is 0.481 e. The predicted molar refractivity (Wildman–Crippen MR) is 57.0 cm³/mol. The number of carbonyl (C=O) groups excluding carboxylic acids is 2. The number of aliphatic carboxylic acids is 2. The summed E-state index contributed by atoms with van der Waals surface area (Å²) in [5.74, 6) is -5.53. The van der Waals surface area contributed by atoms with Crippen molar-refractivity contribution in [3.05, 3.63) is 0 Å². The molecule has 19 heavy (non-hydrogen) atoms. The summed E-state index contributed by atoms with van der Waals surface area (Å²) in [6.07, 6.45) is -2.26. The van der Waals surface area contributed by atoms with E-state index in [-0.39, 0.29) is 6.61 Å². The van der Waals surface area contributed by atoms with E-state index >= 15 is 0 Å². The van der Waals surface area contributed by atoms with Crippen LogP contribution in [0.15, 0.2) is 0 Å². The zero-order chi connectivity index (χ0) is 15.1. The van der Waals surface area contributed by atoms with Gasteiger partial charge in [-0.2, -0.15) is 0 Å².